The van der Waals surface area contributed by atoms with Crippen LogP contribution >= 0.6 is 11.6 Å². The second kappa shape index (κ2) is 6.16. The summed E-state index contributed by atoms with van der Waals surface area (Å²) >= 11 is 5.90. The third-order valence-corrected chi connectivity index (χ3v) is 3.71. The van der Waals surface area contributed by atoms with Crippen LogP contribution in [0.25, 0.3) is 0 Å². The fourth-order valence-corrected chi connectivity index (χ4v) is 2.51. The number of nitrogens with zero attached hydrogens (tertiary/aromatic N) is 1. The molecule has 0 saturated heterocycles. The van der Waals surface area contributed by atoms with Gasteiger partial charge in [-0.3, -0.25) is 9.78 Å². The van der Waals surface area contributed by atoms with E-state index in [1.165, 1.54) is 12.4 Å². The van der Waals surface area contributed by atoms with Gasteiger partial charge in [0.1, 0.15) is 0 Å². The summed E-state index contributed by atoms with van der Waals surface area (Å²) < 4.78 is 0. The molecule has 4 nitrogen and oxygen atoms in total. The van der Waals surface area contributed by atoms with E-state index in [0.29, 0.717) is 17.1 Å². The van der Waals surface area contributed by atoms with Crippen LogP contribution in [0.3, 0.4) is 0 Å². The molecule has 2 unspecified atom stereocenters. The second-order valence-corrected chi connectivity index (χ2v) is 5.08. The molecular weight excluding hydrogens is 252 g/mol. The highest BCUT2D eigenvalue weighted by Crippen LogP contribution is 2.23. The van der Waals surface area contributed by atoms with Crippen molar-refractivity contribution >= 4 is 17.5 Å². The van der Waals surface area contributed by atoms with Gasteiger partial charge in [-0.1, -0.05) is 24.4 Å². The van der Waals surface area contributed by atoms with Crippen LogP contribution in [0, 0.1) is 5.92 Å². The average molecular weight is 269 g/mol. The molecule has 0 radical (unpaired) electrons. The number of pyridine rings is 1. The molecule has 2 rings (SSSR count). The zero-order chi connectivity index (χ0) is 13.0. The van der Waals surface area contributed by atoms with Crippen molar-refractivity contribution in [3.05, 3.63) is 29.0 Å². The molecule has 18 heavy (non-hydrogen) atoms. The van der Waals surface area contributed by atoms with Crippen molar-refractivity contribution in [2.75, 3.05) is 6.54 Å². The van der Waals surface area contributed by atoms with Gasteiger partial charge < -0.3 is 10.4 Å². The Kier molecular flexibility index (Phi) is 4.55. The van der Waals surface area contributed by atoms with Crippen molar-refractivity contribution in [3.8, 4) is 0 Å². The first-order valence-corrected chi connectivity index (χ1v) is 6.62. The molecule has 1 amide bonds. The number of aliphatic hydroxyl groups is 1. The molecule has 1 aliphatic rings. The molecule has 0 aliphatic heterocycles. The molecule has 2 N–H and O–H groups in total. The average Bonchev–Trinajstić information content (AvgIpc) is 2.38. The molecule has 0 spiro atoms. The summed E-state index contributed by atoms with van der Waals surface area (Å²) in [6.45, 7) is 0.499. The quantitative estimate of drug-likeness (QED) is 0.882. The van der Waals surface area contributed by atoms with Gasteiger partial charge in [-0.15, -0.1) is 0 Å². The zero-order valence-corrected chi connectivity index (χ0v) is 10.9. The summed E-state index contributed by atoms with van der Waals surface area (Å²) in [6.07, 6.45) is 6.67. The lowest BCUT2D eigenvalue weighted by Gasteiger charge is -2.27. The number of carbonyl (C=O) groups excluding carboxylic acids is 1. The molecule has 5 heteroatoms. The highest BCUT2D eigenvalue weighted by molar-refractivity contribution is 6.33. The minimum Gasteiger partial charge on any atom is -0.393 e. The summed E-state index contributed by atoms with van der Waals surface area (Å²) in [5, 5.41) is 13.0. The number of nitrogens with one attached hydrogen (secondary N) is 1. The van der Waals surface area contributed by atoms with Gasteiger partial charge in [0.05, 0.1) is 16.7 Å². The van der Waals surface area contributed by atoms with Crippen molar-refractivity contribution < 1.29 is 9.90 Å². The largest absolute Gasteiger partial charge is 0.393 e. The lowest BCUT2D eigenvalue weighted by Crippen LogP contribution is -2.36. The SMILES string of the molecule is O=C(NCC1CCCCC1O)c1ccncc1Cl. The van der Waals surface area contributed by atoms with Gasteiger partial charge in [-0.05, 0) is 18.9 Å². The molecule has 1 heterocycles. The Morgan fingerprint density at radius 3 is 3.00 bits per heavy atom. The van der Waals surface area contributed by atoms with Crippen molar-refractivity contribution in [2.45, 2.75) is 31.8 Å². The van der Waals surface area contributed by atoms with E-state index in [9.17, 15) is 9.90 Å². The first-order valence-electron chi connectivity index (χ1n) is 6.24. The first-order chi connectivity index (χ1) is 8.68. The minimum absolute atomic E-state index is 0.156. The molecule has 1 fully saturated rings. The van der Waals surface area contributed by atoms with Crippen LogP contribution < -0.4 is 5.32 Å². The van der Waals surface area contributed by atoms with Crippen molar-refractivity contribution in [1.82, 2.24) is 10.3 Å². The highest BCUT2D eigenvalue weighted by Gasteiger charge is 2.23. The van der Waals surface area contributed by atoms with E-state index in [1.807, 2.05) is 0 Å². The van der Waals surface area contributed by atoms with Gasteiger partial charge in [0.15, 0.2) is 0 Å². The Hall–Kier alpha value is -1.13. The summed E-state index contributed by atoms with van der Waals surface area (Å²) in [6, 6.07) is 1.59. The Bertz CT molecular complexity index is 425. The van der Waals surface area contributed by atoms with Crippen LogP contribution in [0.1, 0.15) is 36.0 Å². The van der Waals surface area contributed by atoms with Crippen LogP contribution in [0.4, 0.5) is 0 Å². The van der Waals surface area contributed by atoms with E-state index in [4.69, 9.17) is 11.6 Å². The van der Waals surface area contributed by atoms with E-state index in [0.717, 1.165) is 25.7 Å². The molecular formula is C13H17ClN2O2. The number of halogens is 1. The minimum atomic E-state index is -0.299. The third-order valence-electron chi connectivity index (χ3n) is 3.41. The monoisotopic (exact) mass is 268 g/mol. The van der Waals surface area contributed by atoms with Crippen LogP contribution in [0.5, 0.6) is 0 Å². The predicted molar refractivity (Wildman–Crippen MR) is 69.5 cm³/mol. The predicted octanol–water partition coefficient (Wildman–Crippen LogP) is 2.02. The Morgan fingerprint density at radius 2 is 2.28 bits per heavy atom. The summed E-state index contributed by atoms with van der Waals surface area (Å²) in [7, 11) is 0. The van der Waals surface area contributed by atoms with E-state index < -0.39 is 0 Å². The topological polar surface area (TPSA) is 62.2 Å². The van der Waals surface area contributed by atoms with Gasteiger partial charge in [0.2, 0.25) is 0 Å². The summed E-state index contributed by atoms with van der Waals surface area (Å²) in [5.41, 5.74) is 0.428. The number of hydrogen-bond donors (Lipinski definition) is 2. The Balaban J connectivity index is 1.90. The third kappa shape index (κ3) is 3.21. The highest BCUT2D eigenvalue weighted by atomic mass is 35.5. The zero-order valence-electron chi connectivity index (χ0n) is 10.1. The van der Waals surface area contributed by atoms with Crippen molar-refractivity contribution in [2.24, 2.45) is 5.92 Å². The van der Waals surface area contributed by atoms with Crippen LogP contribution in [-0.4, -0.2) is 28.6 Å². The Morgan fingerprint density at radius 1 is 1.50 bits per heavy atom. The number of hydrogen-bond acceptors (Lipinski definition) is 3. The number of carbonyl (C=O) groups is 1. The van der Waals surface area contributed by atoms with Crippen molar-refractivity contribution in [3.63, 3.8) is 0 Å². The molecule has 0 bridgehead atoms. The van der Waals surface area contributed by atoms with Crippen LogP contribution in [0.2, 0.25) is 5.02 Å². The maximum atomic E-state index is 11.9. The van der Waals surface area contributed by atoms with Crippen LogP contribution in [0.15, 0.2) is 18.5 Å². The fourth-order valence-electron chi connectivity index (χ4n) is 2.30. The normalized spacial score (nSPS) is 23.7. The molecule has 1 aromatic heterocycles. The van der Waals surface area contributed by atoms with Crippen molar-refractivity contribution in [1.29, 1.82) is 0 Å². The smallest absolute Gasteiger partial charge is 0.252 e. The molecule has 0 aromatic carbocycles. The maximum absolute atomic E-state index is 11.9. The van der Waals surface area contributed by atoms with Gasteiger partial charge in [-0.25, -0.2) is 0 Å². The molecule has 1 aromatic rings. The number of aromatic nitrogens is 1. The van der Waals surface area contributed by atoms with Crippen LogP contribution in [-0.2, 0) is 0 Å². The van der Waals surface area contributed by atoms with Gasteiger partial charge in [-0.2, -0.15) is 0 Å². The van der Waals surface area contributed by atoms with E-state index in [2.05, 4.69) is 10.3 Å². The number of aliphatic hydroxyl groups excluding tert-OH is 1. The lowest BCUT2D eigenvalue weighted by molar-refractivity contribution is 0.0663. The first kappa shape index (κ1) is 13.3. The van der Waals surface area contributed by atoms with E-state index >= 15 is 0 Å². The molecule has 98 valence electrons. The van der Waals surface area contributed by atoms with Gasteiger partial charge in [0.25, 0.3) is 5.91 Å². The molecule has 2 atom stereocenters. The van der Waals surface area contributed by atoms with E-state index in [-0.39, 0.29) is 17.9 Å². The number of amides is 1. The van der Waals surface area contributed by atoms with Gasteiger partial charge >= 0.3 is 0 Å². The second-order valence-electron chi connectivity index (χ2n) is 4.68. The standard InChI is InChI=1S/C13H17ClN2O2/c14-11-8-15-6-5-10(11)13(18)16-7-9-3-1-2-4-12(9)17/h5-6,8-9,12,17H,1-4,7H2,(H,16,18). The summed E-state index contributed by atoms with van der Waals surface area (Å²) in [5.74, 6) is -0.0523. The van der Waals surface area contributed by atoms with E-state index in [1.54, 1.807) is 6.07 Å². The number of rotatable bonds is 3. The lowest BCUT2D eigenvalue weighted by atomic mass is 9.86. The molecule has 1 aliphatic carbocycles. The maximum Gasteiger partial charge on any atom is 0.252 e. The fraction of sp³-hybridized carbons (Fsp3) is 0.538. The molecule has 1 saturated carbocycles. The van der Waals surface area contributed by atoms with Gasteiger partial charge in [0, 0.05) is 24.9 Å². The Labute approximate surface area is 111 Å². The summed E-state index contributed by atoms with van der Waals surface area (Å²) in [4.78, 5) is 15.7.